The number of hydrogen-bond donors (Lipinski definition) is 1. The first kappa shape index (κ1) is 11.0. The van der Waals surface area contributed by atoms with E-state index in [1.807, 2.05) is 29.9 Å². The van der Waals surface area contributed by atoms with Crippen molar-refractivity contribution in [3.8, 4) is 5.88 Å². The lowest BCUT2D eigenvalue weighted by atomic mass is 10.3. The van der Waals surface area contributed by atoms with Crippen LogP contribution in [0.15, 0.2) is 29.9 Å². The van der Waals surface area contributed by atoms with Crippen LogP contribution in [-0.4, -0.2) is 17.1 Å². The summed E-state index contributed by atoms with van der Waals surface area (Å²) in [5.74, 6) is 0.642. The Bertz CT molecular complexity index is 413. The molecule has 0 radical (unpaired) electrons. The second-order valence-electron chi connectivity index (χ2n) is 3.24. The van der Waals surface area contributed by atoms with Crippen LogP contribution in [0.25, 0.3) is 0 Å². The van der Waals surface area contributed by atoms with Crippen molar-refractivity contribution in [2.45, 2.75) is 13.1 Å². The molecule has 0 aliphatic carbocycles. The summed E-state index contributed by atoms with van der Waals surface area (Å²) in [6, 6.07) is 3.86. The molecule has 5 heteroatoms. The summed E-state index contributed by atoms with van der Waals surface area (Å²) in [4.78, 5) is 8.33. The Morgan fingerprint density at radius 1 is 1.31 bits per heavy atom. The van der Waals surface area contributed by atoms with Gasteiger partial charge in [-0.15, -0.1) is 11.3 Å². The van der Waals surface area contributed by atoms with Crippen LogP contribution in [-0.2, 0) is 13.1 Å². The summed E-state index contributed by atoms with van der Waals surface area (Å²) in [6.07, 6.45) is 3.63. The molecule has 2 aromatic rings. The summed E-state index contributed by atoms with van der Waals surface area (Å²) in [5.41, 5.74) is 1.14. The monoisotopic (exact) mass is 235 g/mol. The van der Waals surface area contributed by atoms with Gasteiger partial charge in [0.15, 0.2) is 0 Å². The second kappa shape index (κ2) is 5.58. The molecule has 0 aliphatic heterocycles. The Balaban J connectivity index is 1.81. The summed E-state index contributed by atoms with van der Waals surface area (Å²) in [5, 5.41) is 6.39. The minimum atomic E-state index is 0.642. The SMILES string of the molecule is COc1ccc(CNCc2nccs2)cn1. The van der Waals surface area contributed by atoms with Crippen LogP contribution in [0.1, 0.15) is 10.6 Å². The number of hydrogen-bond acceptors (Lipinski definition) is 5. The standard InChI is InChI=1S/C11H13N3OS/c1-15-10-3-2-9(7-14-10)6-12-8-11-13-4-5-16-11/h2-5,7,12H,6,8H2,1H3. The molecule has 16 heavy (non-hydrogen) atoms. The van der Waals surface area contributed by atoms with Crippen molar-refractivity contribution in [3.05, 3.63) is 40.5 Å². The maximum atomic E-state index is 4.99. The maximum Gasteiger partial charge on any atom is 0.212 e. The smallest absolute Gasteiger partial charge is 0.212 e. The first-order valence-electron chi connectivity index (χ1n) is 4.96. The third-order valence-electron chi connectivity index (χ3n) is 2.10. The van der Waals surface area contributed by atoms with E-state index in [0.717, 1.165) is 23.7 Å². The van der Waals surface area contributed by atoms with Gasteiger partial charge in [0.05, 0.1) is 7.11 Å². The highest BCUT2D eigenvalue weighted by Gasteiger charge is 1.97. The first-order chi connectivity index (χ1) is 7.88. The number of thiazole rings is 1. The van der Waals surface area contributed by atoms with Crippen molar-refractivity contribution < 1.29 is 4.74 Å². The molecule has 0 unspecified atom stereocenters. The van der Waals surface area contributed by atoms with Crippen LogP contribution < -0.4 is 10.1 Å². The maximum absolute atomic E-state index is 4.99. The van der Waals surface area contributed by atoms with Gasteiger partial charge in [-0.05, 0) is 5.56 Å². The van der Waals surface area contributed by atoms with Crippen molar-refractivity contribution in [1.82, 2.24) is 15.3 Å². The molecule has 84 valence electrons. The van der Waals surface area contributed by atoms with Gasteiger partial charge in [-0.1, -0.05) is 6.07 Å². The molecule has 1 N–H and O–H groups in total. The zero-order valence-electron chi connectivity index (χ0n) is 9.01. The van der Waals surface area contributed by atoms with E-state index < -0.39 is 0 Å². The van der Waals surface area contributed by atoms with Crippen LogP contribution in [0.4, 0.5) is 0 Å². The van der Waals surface area contributed by atoms with Crippen LogP contribution in [0.5, 0.6) is 5.88 Å². The fraction of sp³-hybridized carbons (Fsp3) is 0.273. The molecule has 0 saturated heterocycles. The lowest BCUT2D eigenvalue weighted by Gasteiger charge is -2.03. The van der Waals surface area contributed by atoms with E-state index >= 15 is 0 Å². The molecule has 0 atom stereocenters. The Hall–Kier alpha value is -1.46. The number of ether oxygens (including phenoxy) is 1. The fourth-order valence-corrected chi connectivity index (χ4v) is 1.88. The van der Waals surface area contributed by atoms with E-state index in [1.54, 1.807) is 18.4 Å². The minimum Gasteiger partial charge on any atom is -0.481 e. The number of aromatic nitrogens is 2. The summed E-state index contributed by atoms with van der Waals surface area (Å²) in [6.45, 7) is 1.58. The molecule has 4 nitrogen and oxygen atoms in total. The van der Waals surface area contributed by atoms with Gasteiger partial charge in [-0.2, -0.15) is 0 Å². The van der Waals surface area contributed by atoms with Crippen molar-refractivity contribution in [2.75, 3.05) is 7.11 Å². The van der Waals surface area contributed by atoms with Gasteiger partial charge >= 0.3 is 0 Å². The van der Waals surface area contributed by atoms with E-state index in [1.165, 1.54) is 0 Å². The second-order valence-corrected chi connectivity index (χ2v) is 4.22. The molecular formula is C11H13N3OS. The topological polar surface area (TPSA) is 47.0 Å². The molecule has 0 aliphatic rings. The third kappa shape index (κ3) is 3.01. The zero-order chi connectivity index (χ0) is 11.2. The quantitative estimate of drug-likeness (QED) is 0.859. The predicted octanol–water partition coefficient (Wildman–Crippen LogP) is 1.84. The highest BCUT2D eigenvalue weighted by Crippen LogP contribution is 2.07. The number of pyridine rings is 1. The molecule has 0 aromatic carbocycles. The Morgan fingerprint density at radius 3 is 2.88 bits per heavy atom. The molecular weight excluding hydrogens is 222 g/mol. The molecule has 2 heterocycles. The molecule has 0 saturated carbocycles. The summed E-state index contributed by atoms with van der Waals surface area (Å²) >= 11 is 1.65. The van der Waals surface area contributed by atoms with Gasteiger partial charge in [-0.3, -0.25) is 0 Å². The third-order valence-corrected chi connectivity index (χ3v) is 2.88. The Morgan fingerprint density at radius 2 is 2.25 bits per heavy atom. The van der Waals surface area contributed by atoms with Crippen LogP contribution in [0.2, 0.25) is 0 Å². The largest absolute Gasteiger partial charge is 0.481 e. The zero-order valence-corrected chi connectivity index (χ0v) is 9.83. The number of rotatable bonds is 5. The summed E-state index contributed by atoms with van der Waals surface area (Å²) in [7, 11) is 1.61. The minimum absolute atomic E-state index is 0.642. The van der Waals surface area contributed by atoms with Crippen molar-refractivity contribution in [2.24, 2.45) is 0 Å². The predicted molar refractivity (Wildman–Crippen MR) is 63.4 cm³/mol. The molecule has 0 bridgehead atoms. The number of nitrogens with one attached hydrogen (secondary N) is 1. The van der Waals surface area contributed by atoms with Crippen LogP contribution >= 0.6 is 11.3 Å². The lowest BCUT2D eigenvalue weighted by Crippen LogP contribution is -2.12. The lowest BCUT2D eigenvalue weighted by molar-refractivity contribution is 0.397. The van der Waals surface area contributed by atoms with Gasteiger partial charge in [0.1, 0.15) is 5.01 Å². The van der Waals surface area contributed by atoms with Crippen molar-refractivity contribution in [3.63, 3.8) is 0 Å². The number of methoxy groups -OCH3 is 1. The molecule has 0 amide bonds. The van der Waals surface area contributed by atoms with Gasteiger partial charge < -0.3 is 10.1 Å². The highest BCUT2D eigenvalue weighted by atomic mass is 32.1. The van der Waals surface area contributed by atoms with E-state index in [4.69, 9.17) is 4.74 Å². The van der Waals surface area contributed by atoms with Gasteiger partial charge in [0.25, 0.3) is 0 Å². The molecule has 0 spiro atoms. The van der Waals surface area contributed by atoms with Crippen LogP contribution in [0, 0.1) is 0 Å². The van der Waals surface area contributed by atoms with E-state index in [2.05, 4.69) is 15.3 Å². The molecule has 0 fully saturated rings. The van der Waals surface area contributed by atoms with Gasteiger partial charge in [0, 0.05) is 36.9 Å². The average Bonchev–Trinajstić information content (AvgIpc) is 2.83. The first-order valence-corrected chi connectivity index (χ1v) is 5.84. The average molecular weight is 235 g/mol. The van der Waals surface area contributed by atoms with E-state index in [0.29, 0.717) is 5.88 Å². The van der Waals surface area contributed by atoms with E-state index in [9.17, 15) is 0 Å². The van der Waals surface area contributed by atoms with Crippen molar-refractivity contribution >= 4 is 11.3 Å². The van der Waals surface area contributed by atoms with Crippen LogP contribution in [0.3, 0.4) is 0 Å². The highest BCUT2D eigenvalue weighted by molar-refractivity contribution is 7.09. The number of nitrogens with zero attached hydrogens (tertiary/aromatic N) is 2. The Kier molecular flexibility index (Phi) is 3.85. The van der Waals surface area contributed by atoms with Gasteiger partial charge in [-0.25, -0.2) is 9.97 Å². The Labute approximate surface area is 98.3 Å². The molecule has 2 rings (SSSR count). The normalized spacial score (nSPS) is 10.3. The van der Waals surface area contributed by atoms with Gasteiger partial charge in [0.2, 0.25) is 5.88 Å². The molecule has 2 aromatic heterocycles. The summed E-state index contributed by atoms with van der Waals surface area (Å²) < 4.78 is 4.99. The van der Waals surface area contributed by atoms with Crippen molar-refractivity contribution in [1.29, 1.82) is 0 Å². The fourth-order valence-electron chi connectivity index (χ4n) is 1.29. The van der Waals surface area contributed by atoms with E-state index in [-0.39, 0.29) is 0 Å².